The van der Waals surface area contributed by atoms with E-state index in [9.17, 15) is 9.59 Å². The average Bonchev–Trinajstić information content (AvgIpc) is 2.32. The van der Waals surface area contributed by atoms with E-state index in [0.717, 1.165) is 0 Å². The highest BCUT2D eigenvalue weighted by molar-refractivity contribution is 5.83. The smallest absolute Gasteiger partial charge is 0.408 e. The van der Waals surface area contributed by atoms with E-state index in [4.69, 9.17) is 9.47 Å². The number of alkyl carbamates (subject to hydrolysis) is 1. The summed E-state index contributed by atoms with van der Waals surface area (Å²) >= 11 is 0. The third-order valence-electron chi connectivity index (χ3n) is 2.34. The van der Waals surface area contributed by atoms with E-state index >= 15 is 0 Å². The largest absolute Gasteiger partial charge is 0.458 e. The molecule has 6 nitrogen and oxygen atoms in total. The number of nitrogens with zero attached hydrogens (tertiary/aromatic N) is 1. The molecule has 22 heavy (non-hydrogen) atoms. The van der Waals surface area contributed by atoms with Crippen molar-refractivity contribution in [1.29, 1.82) is 0 Å². The Labute approximate surface area is 131 Å². The molecule has 0 aromatic carbocycles. The molecule has 1 amide bonds. The molecule has 1 aromatic heterocycles. The summed E-state index contributed by atoms with van der Waals surface area (Å²) < 4.78 is 10.6. The van der Waals surface area contributed by atoms with Gasteiger partial charge < -0.3 is 14.8 Å². The summed E-state index contributed by atoms with van der Waals surface area (Å²) in [6, 6.07) is 2.34. The number of esters is 1. The van der Waals surface area contributed by atoms with Crippen LogP contribution in [-0.2, 0) is 14.3 Å². The predicted octanol–water partition coefficient (Wildman–Crippen LogP) is 2.99. The third kappa shape index (κ3) is 6.56. The van der Waals surface area contributed by atoms with Gasteiger partial charge in [0.05, 0.1) is 0 Å². The van der Waals surface area contributed by atoms with Gasteiger partial charge in [0.15, 0.2) is 6.04 Å². The first-order chi connectivity index (χ1) is 9.98. The van der Waals surface area contributed by atoms with Gasteiger partial charge in [0.2, 0.25) is 0 Å². The topological polar surface area (TPSA) is 77.5 Å². The second kappa shape index (κ2) is 6.77. The summed E-state index contributed by atoms with van der Waals surface area (Å²) in [5, 5.41) is 2.55. The maximum Gasteiger partial charge on any atom is 0.408 e. The molecule has 1 aromatic rings. The Kier molecular flexibility index (Phi) is 5.52. The molecule has 0 aliphatic rings. The van der Waals surface area contributed by atoms with E-state index < -0.39 is 29.3 Å². The van der Waals surface area contributed by atoms with Gasteiger partial charge in [-0.1, -0.05) is 0 Å². The Hall–Kier alpha value is -2.11. The Bertz CT molecular complexity index is 515. The van der Waals surface area contributed by atoms with Crippen molar-refractivity contribution in [2.24, 2.45) is 0 Å². The van der Waals surface area contributed by atoms with Crippen LogP contribution >= 0.6 is 0 Å². The fourth-order valence-electron chi connectivity index (χ4n) is 1.62. The summed E-state index contributed by atoms with van der Waals surface area (Å²) in [6.07, 6.45) is 2.41. The van der Waals surface area contributed by atoms with Crippen LogP contribution in [0.2, 0.25) is 0 Å². The fraction of sp³-hybridized carbons (Fsp3) is 0.562. The Balaban J connectivity index is 2.93. The van der Waals surface area contributed by atoms with Gasteiger partial charge in [0, 0.05) is 12.4 Å². The number of pyridine rings is 1. The lowest BCUT2D eigenvalue weighted by molar-refractivity contribution is -0.157. The van der Waals surface area contributed by atoms with Crippen LogP contribution in [0, 0.1) is 0 Å². The molecule has 6 heteroatoms. The molecule has 1 N–H and O–H groups in total. The molecule has 1 atom stereocenters. The van der Waals surface area contributed by atoms with E-state index in [1.54, 1.807) is 66.1 Å². The maximum absolute atomic E-state index is 12.3. The number of hydrogen-bond donors (Lipinski definition) is 1. The highest BCUT2D eigenvalue weighted by Gasteiger charge is 2.29. The van der Waals surface area contributed by atoms with E-state index in [2.05, 4.69) is 10.3 Å². The number of carbonyl (C=O) groups is 2. The van der Waals surface area contributed by atoms with Crippen LogP contribution < -0.4 is 5.32 Å². The molecular weight excluding hydrogens is 284 g/mol. The van der Waals surface area contributed by atoms with Gasteiger partial charge in [-0.2, -0.15) is 0 Å². The minimum absolute atomic E-state index is 0.551. The van der Waals surface area contributed by atoms with Crippen molar-refractivity contribution in [3.05, 3.63) is 30.1 Å². The number of nitrogens with one attached hydrogen (secondary N) is 1. The van der Waals surface area contributed by atoms with Gasteiger partial charge in [-0.05, 0) is 59.2 Å². The molecule has 0 radical (unpaired) electrons. The molecule has 1 heterocycles. The number of amides is 1. The summed E-state index contributed by atoms with van der Waals surface area (Å²) in [4.78, 5) is 28.2. The Morgan fingerprint density at radius 2 is 1.50 bits per heavy atom. The number of aromatic nitrogens is 1. The summed E-state index contributed by atoms with van der Waals surface area (Å²) in [6.45, 7) is 10.6. The predicted molar refractivity (Wildman–Crippen MR) is 82.2 cm³/mol. The SMILES string of the molecule is CC(C)(C)OC(=O)NC(C(=O)OC(C)(C)C)c1ccncc1. The van der Waals surface area contributed by atoms with Gasteiger partial charge >= 0.3 is 12.1 Å². The number of carbonyl (C=O) groups excluding carboxylic acids is 2. The maximum atomic E-state index is 12.3. The third-order valence-corrected chi connectivity index (χ3v) is 2.34. The molecular formula is C16H24N2O4. The minimum atomic E-state index is -0.947. The fourth-order valence-corrected chi connectivity index (χ4v) is 1.62. The van der Waals surface area contributed by atoms with Crippen molar-refractivity contribution in [3.8, 4) is 0 Å². The number of ether oxygens (including phenoxy) is 2. The van der Waals surface area contributed by atoms with Crippen LogP contribution in [0.15, 0.2) is 24.5 Å². The van der Waals surface area contributed by atoms with Crippen molar-refractivity contribution < 1.29 is 19.1 Å². The van der Waals surface area contributed by atoms with Gasteiger partial charge in [0.25, 0.3) is 0 Å². The monoisotopic (exact) mass is 308 g/mol. The lowest BCUT2D eigenvalue weighted by atomic mass is 10.1. The molecule has 0 aliphatic heterocycles. The highest BCUT2D eigenvalue weighted by Crippen LogP contribution is 2.19. The normalized spacial score (nSPS) is 13.2. The first-order valence-corrected chi connectivity index (χ1v) is 7.10. The molecule has 0 fully saturated rings. The average molecular weight is 308 g/mol. The van der Waals surface area contributed by atoms with Crippen molar-refractivity contribution in [3.63, 3.8) is 0 Å². The summed E-state index contributed by atoms with van der Waals surface area (Å²) in [5.41, 5.74) is -0.728. The molecule has 0 saturated heterocycles. The van der Waals surface area contributed by atoms with Crippen LogP contribution in [0.1, 0.15) is 53.1 Å². The first kappa shape index (κ1) is 17.9. The molecule has 0 spiro atoms. The second-order valence-corrected chi connectivity index (χ2v) is 6.89. The molecule has 0 aliphatic carbocycles. The lowest BCUT2D eigenvalue weighted by Crippen LogP contribution is -2.40. The number of rotatable bonds is 3. The van der Waals surface area contributed by atoms with Crippen LogP contribution in [-0.4, -0.2) is 28.2 Å². The van der Waals surface area contributed by atoms with E-state index in [-0.39, 0.29) is 0 Å². The van der Waals surface area contributed by atoms with Crippen LogP contribution in [0.3, 0.4) is 0 Å². The lowest BCUT2D eigenvalue weighted by Gasteiger charge is -2.26. The van der Waals surface area contributed by atoms with Crippen molar-refractivity contribution in [2.75, 3.05) is 0 Å². The van der Waals surface area contributed by atoms with Gasteiger partial charge in [-0.3, -0.25) is 4.98 Å². The first-order valence-electron chi connectivity index (χ1n) is 7.10. The minimum Gasteiger partial charge on any atom is -0.458 e. The van der Waals surface area contributed by atoms with E-state index in [1.807, 2.05) is 0 Å². The standard InChI is InChI=1S/C16H24N2O4/c1-15(2,3)21-13(19)12(11-7-9-17-10-8-11)18-14(20)22-16(4,5)6/h7-10,12H,1-6H3,(H,18,20). The van der Waals surface area contributed by atoms with Gasteiger partial charge in [-0.15, -0.1) is 0 Å². The van der Waals surface area contributed by atoms with E-state index in [0.29, 0.717) is 5.56 Å². The second-order valence-electron chi connectivity index (χ2n) is 6.89. The Morgan fingerprint density at radius 3 is 1.95 bits per heavy atom. The Morgan fingerprint density at radius 1 is 1.00 bits per heavy atom. The van der Waals surface area contributed by atoms with Crippen molar-refractivity contribution in [2.45, 2.75) is 58.8 Å². The molecule has 1 rings (SSSR count). The van der Waals surface area contributed by atoms with Crippen molar-refractivity contribution in [1.82, 2.24) is 10.3 Å². The van der Waals surface area contributed by atoms with Crippen molar-refractivity contribution >= 4 is 12.1 Å². The van der Waals surface area contributed by atoms with Crippen LogP contribution in [0.25, 0.3) is 0 Å². The zero-order chi connectivity index (χ0) is 17.0. The quantitative estimate of drug-likeness (QED) is 0.869. The molecule has 1 unspecified atom stereocenters. The zero-order valence-electron chi connectivity index (χ0n) is 14.0. The van der Waals surface area contributed by atoms with Gasteiger partial charge in [-0.25, -0.2) is 9.59 Å². The number of hydrogen-bond acceptors (Lipinski definition) is 5. The van der Waals surface area contributed by atoms with Crippen LogP contribution in [0.5, 0.6) is 0 Å². The molecule has 0 bridgehead atoms. The van der Waals surface area contributed by atoms with Gasteiger partial charge in [0.1, 0.15) is 11.2 Å². The van der Waals surface area contributed by atoms with Crippen LogP contribution in [0.4, 0.5) is 4.79 Å². The molecule has 122 valence electrons. The zero-order valence-corrected chi connectivity index (χ0v) is 14.0. The highest BCUT2D eigenvalue weighted by atomic mass is 16.6. The summed E-state index contributed by atoms with van der Waals surface area (Å²) in [5.74, 6) is -0.551. The van der Waals surface area contributed by atoms with E-state index in [1.165, 1.54) is 0 Å². The molecule has 0 saturated carbocycles. The summed E-state index contributed by atoms with van der Waals surface area (Å²) in [7, 11) is 0.